The largest absolute Gasteiger partial charge is 0.497 e. The van der Waals surface area contributed by atoms with E-state index in [-0.39, 0.29) is 0 Å². The fourth-order valence-electron chi connectivity index (χ4n) is 2.47. The highest BCUT2D eigenvalue weighted by atomic mass is 16.5. The highest BCUT2D eigenvalue weighted by Gasteiger charge is 2.06. The van der Waals surface area contributed by atoms with E-state index in [9.17, 15) is 0 Å². The molecule has 0 unspecified atom stereocenters. The van der Waals surface area contributed by atoms with Crippen LogP contribution in [0.15, 0.2) is 47.5 Å². The summed E-state index contributed by atoms with van der Waals surface area (Å²) >= 11 is 0. The standard InChI is InChI=1S/C20H27N3O3/c1-5-26-18-10-9-16(12-19(18)25-4)14-23-20(21-2)22-13-15-7-6-8-17(11-15)24-3/h6-12H,5,13-14H2,1-4H3,(H2,21,22,23). The Morgan fingerprint density at radius 2 is 1.65 bits per heavy atom. The lowest BCUT2D eigenvalue weighted by Crippen LogP contribution is -2.36. The number of hydrogen-bond acceptors (Lipinski definition) is 4. The first-order valence-corrected chi connectivity index (χ1v) is 8.57. The smallest absolute Gasteiger partial charge is 0.191 e. The van der Waals surface area contributed by atoms with Crippen LogP contribution in [0.25, 0.3) is 0 Å². The number of aliphatic imine (C=N–C) groups is 1. The number of hydrogen-bond donors (Lipinski definition) is 2. The van der Waals surface area contributed by atoms with Crippen molar-refractivity contribution in [2.75, 3.05) is 27.9 Å². The quantitative estimate of drug-likeness (QED) is 0.562. The molecule has 0 bridgehead atoms. The van der Waals surface area contributed by atoms with Gasteiger partial charge in [-0.3, -0.25) is 4.99 Å². The average molecular weight is 357 g/mol. The van der Waals surface area contributed by atoms with Gasteiger partial charge in [-0.25, -0.2) is 0 Å². The minimum Gasteiger partial charge on any atom is -0.497 e. The van der Waals surface area contributed by atoms with Crippen molar-refractivity contribution in [3.8, 4) is 17.2 Å². The Kier molecular flexibility index (Phi) is 7.61. The molecule has 0 saturated carbocycles. The van der Waals surface area contributed by atoms with E-state index in [0.29, 0.717) is 19.7 Å². The van der Waals surface area contributed by atoms with Crippen LogP contribution < -0.4 is 24.8 Å². The number of nitrogens with zero attached hydrogens (tertiary/aromatic N) is 1. The van der Waals surface area contributed by atoms with Gasteiger partial charge in [0.1, 0.15) is 5.75 Å². The molecule has 2 aromatic rings. The van der Waals surface area contributed by atoms with Crippen LogP contribution in [0.4, 0.5) is 0 Å². The first kappa shape index (κ1) is 19.4. The molecule has 0 amide bonds. The van der Waals surface area contributed by atoms with Gasteiger partial charge in [-0.05, 0) is 42.3 Å². The summed E-state index contributed by atoms with van der Waals surface area (Å²) in [7, 11) is 5.06. The Bertz CT molecular complexity index is 732. The second kappa shape index (κ2) is 10.2. The molecule has 0 saturated heterocycles. The van der Waals surface area contributed by atoms with E-state index < -0.39 is 0 Å². The second-order valence-corrected chi connectivity index (χ2v) is 5.55. The summed E-state index contributed by atoms with van der Waals surface area (Å²) in [6.07, 6.45) is 0. The zero-order chi connectivity index (χ0) is 18.8. The second-order valence-electron chi connectivity index (χ2n) is 5.55. The lowest BCUT2D eigenvalue weighted by molar-refractivity contribution is 0.310. The minimum atomic E-state index is 0.606. The maximum atomic E-state index is 5.54. The number of guanidine groups is 1. The van der Waals surface area contributed by atoms with Crippen LogP contribution in [-0.2, 0) is 13.1 Å². The SMILES string of the molecule is CCOc1ccc(CNC(=NC)NCc2cccc(OC)c2)cc1OC. The summed E-state index contributed by atoms with van der Waals surface area (Å²) in [4.78, 5) is 4.26. The topological polar surface area (TPSA) is 64.1 Å². The van der Waals surface area contributed by atoms with Crippen LogP contribution in [0, 0.1) is 0 Å². The van der Waals surface area contributed by atoms with Gasteiger partial charge in [-0.1, -0.05) is 18.2 Å². The summed E-state index contributed by atoms with van der Waals surface area (Å²) in [5, 5.41) is 6.59. The maximum absolute atomic E-state index is 5.54. The third-order valence-corrected chi connectivity index (χ3v) is 3.81. The average Bonchev–Trinajstić information content (AvgIpc) is 2.69. The van der Waals surface area contributed by atoms with E-state index in [1.807, 2.05) is 49.4 Å². The Morgan fingerprint density at radius 3 is 2.27 bits per heavy atom. The van der Waals surface area contributed by atoms with E-state index in [1.54, 1.807) is 21.3 Å². The Hall–Kier alpha value is -2.89. The van der Waals surface area contributed by atoms with Gasteiger partial charge in [-0.2, -0.15) is 0 Å². The van der Waals surface area contributed by atoms with Gasteiger partial charge in [0, 0.05) is 20.1 Å². The molecule has 0 heterocycles. The summed E-state index contributed by atoms with van der Waals surface area (Å²) in [5.74, 6) is 3.04. The normalized spacial score (nSPS) is 11.0. The third kappa shape index (κ3) is 5.58. The highest BCUT2D eigenvalue weighted by molar-refractivity contribution is 5.79. The van der Waals surface area contributed by atoms with Gasteiger partial charge in [0.05, 0.1) is 20.8 Å². The van der Waals surface area contributed by atoms with Gasteiger partial charge in [-0.15, -0.1) is 0 Å². The molecular weight excluding hydrogens is 330 g/mol. The molecule has 0 aliphatic carbocycles. The first-order valence-electron chi connectivity index (χ1n) is 8.57. The summed E-state index contributed by atoms with van der Waals surface area (Å²) in [5.41, 5.74) is 2.20. The number of nitrogens with one attached hydrogen (secondary N) is 2. The number of ether oxygens (including phenoxy) is 3. The summed E-state index contributed by atoms with van der Waals surface area (Å²) in [6.45, 7) is 3.84. The van der Waals surface area contributed by atoms with Crippen molar-refractivity contribution in [1.29, 1.82) is 0 Å². The van der Waals surface area contributed by atoms with Crippen molar-refractivity contribution in [2.45, 2.75) is 20.0 Å². The Labute approximate surface area is 155 Å². The predicted octanol–water partition coefficient (Wildman–Crippen LogP) is 2.97. The van der Waals surface area contributed by atoms with Gasteiger partial charge in [0.2, 0.25) is 0 Å². The molecule has 0 atom stereocenters. The molecule has 0 aliphatic heterocycles. The molecule has 26 heavy (non-hydrogen) atoms. The molecule has 6 nitrogen and oxygen atoms in total. The number of methoxy groups -OCH3 is 2. The van der Waals surface area contributed by atoms with Crippen molar-refractivity contribution >= 4 is 5.96 Å². The van der Waals surface area contributed by atoms with Crippen LogP contribution in [0.1, 0.15) is 18.1 Å². The van der Waals surface area contributed by atoms with Crippen molar-refractivity contribution in [3.63, 3.8) is 0 Å². The fraction of sp³-hybridized carbons (Fsp3) is 0.350. The van der Waals surface area contributed by atoms with Crippen LogP contribution in [-0.4, -0.2) is 33.8 Å². The molecule has 0 spiro atoms. The molecule has 2 N–H and O–H groups in total. The predicted molar refractivity (Wildman–Crippen MR) is 104 cm³/mol. The molecule has 140 valence electrons. The van der Waals surface area contributed by atoms with Gasteiger partial charge in [0.25, 0.3) is 0 Å². The fourth-order valence-corrected chi connectivity index (χ4v) is 2.47. The monoisotopic (exact) mass is 357 g/mol. The van der Waals surface area contributed by atoms with Crippen molar-refractivity contribution in [2.24, 2.45) is 4.99 Å². The zero-order valence-electron chi connectivity index (χ0n) is 15.8. The highest BCUT2D eigenvalue weighted by Crippen LogP contribution is 2.27. The molecule has 0 aromatic heterocycles. The van der Waals surface area contributed by atoms with Crippen molar-refractivity contribution in [1.82, 2.24) is 10.6 Å². The molecule has 2 aromatic carbocycles. The van der Waals surface area contributed by atoms with E-state index in [1.165, 1.54) is 0 Å². The Morgan fingerprint density at radius 1 is 0.923 bits per heavy atom. The van der Waals surface area contributed by atoms with Gasteiger partial charge >= 0.3 is 0 Å². The van der Waals surface area contributed by atoms with E-state index in [2.05, 4.69) is 15.6 Å². The van der Waals surface area contributed by atoms with Crippen LogP contribution in [0.2, 0.25) is 0 Å². The minimum absolute atomic E-state index is 0.606. The van der Waals surface area contributed by atoms with Crippen LogP contribution >= 0.6 is 0 Å². The molecule has 2 rings (SSSR count). The van der Waals surface area contributed by atoms with Crippen molar-refractivity contribution in [3.05, 3.63) is 53.6 Å². The summed E-state index contributed by atoms with van der Waals surface area (Å²) < 4.78 is 16.2. The van der Waals surface area contributed by atoms with Gasteiger partial charge in [0.15, 0.2) is 17.5 Å². The first-order chi connectivity index (χ1) is 12.7. The Balaban J connectivity index is 1.92. The van der Waals surface area contributed by atoms with Crippen LogP contribution in [0.3, 0.4) is 0 Å². The molecule has 6 heteroatoms. The van der Waals surface area contributed by atoms with E-state index in [4.69, 9.17) is 14.2 Å². The van der Waals surface area contributed by atoms with Gasteiger partial charge < -0.3 is 24.8 Å². The van der Waals surface area contributed by atoms with E-state index >= 15 is 0 Å². The van der Waals surface area contributed by atoms with E-state index in [0.717, 1.165) is 34.3 Å². The summed E-state index contributed by atoms with van der Waals surface area (Å²) in [6, 6.07) is 13.8. The zero-order valence-corrected chi connectivity index (χ0v) is 15.8. The number of benzene rings is 2. The number of rotatable bonds is 8. The molecule has 0 radical (unpaired) electrons. The molecule has 0 aliphatic rings. The molecule has 0 fully saturated rings. The lowest BCUT2D eigenvalue weighted by atomic mass is 10.2. The third-order valence-electron chi connectivity index (χ3n) is 3.81. The van der Waals surface area contributed by atoms with Crippen LogP contribution in [0.5, 0.6) is 17.2 Å². The molecular formula is C20H27N3O3. The lowest BCUT2D eigenvalue weighted by Gasteiger charge is -2.14. The maximum Gasteiger partial charge on any atom is 0.191 e. The van der Waals surface area contributed by atoms with Crippen molar-refractivity contribution < 1.29 is 14.2 Å².